The van der Waals surface area contributed by atoms with Crippen LogP contribution >= 0.6 is 0 Å². The van der Waals surface area contributed by atoms with Gasteiger partial charge in [0.15, 0.2) is 5.78 Å². The molecule has 2 heterocycles. The number of methoxy groups -OCH3 is 1. The van der Waals surface area contributed by atoms with Crippen molar-refractivity contribution < 1.29 is 14.6 Å². The van der Waals surface area contributed by atoms with Gasteiger partial charge in [-0.2, -0.15) is 0 Å². The summed E-state index contributed by atoms with van der Waals surface area (Å²) in [5, 5.41) is 19.6. The van der Waals surface area contributed by atoms with E-state index < -0.39 is 5.60 Å². The van der Waals surface area contributed by atoms with Crippen LogP contribution in [0.4, 0.5) is 0 Å². The molecular formula is C28H40N4O3. The monoisotopic (exact) mass is 480 g/mol. The third-order valence-electron chi connectivity index (χ3n) is 11.0. The molecule has 0 spiro atoms. The highest BCUT2D eigenvalue weighted by molar-refractivity contribution is 5.84. The van der Waals surface area contributed by atoms with Gasteiger partial charge in [-0.15, -0.1) is 5.10 Å². The van der Waals surface area contributed by atoms with E-state index in [4.69, 9.17) is 4.74 Å². The molecule has 2 aromatic heterocycles. The first kappa shape index (κ1) is 23.5. The minimum atomic E-state index is -0.665. The van der Waals surface area contributed by atoms with E-state index in [1.807, 2.05) is 6.07 Å². The van der Waals surface area contributed by atoms with Gasteiger partial charge in [0.25, 0.3) is 0 Å². The van der Waals surface area contributed by atoms with Crippen molar-refractivity contribution >= 4 is 16.8 Å². The summed E-state index contributed by atoms with van der Waals surface area (Å²) in [6.07, 6.45) is 13.3. The van der Waals surface area contributed by atoms with Gasteiger partial charge in [-0.1, -0.05) is 19.1 Å². The Hall–Kier alpha value is -1.86. The molecule has 0 aromatic carbocycles. The first-order valence-corrected chi connectivity index (χ1v) is 13.6. The maximum Gasteiger partial charge on any atom is 0.157 e. The largest absolute Gasteiger partial charge is 0.387 e. The van der Waals surface area contributed by atoms with Gasteiger partial charge in [-0.3, -0.25) is 9.78 Å². The van der Waals surface area contributed by atoms with Gasteiger partial charge in [-0.25, -0.2) is 4.68 Å². The van der Waals surface area contributed by atoms with Crippen molar-refractivity contribution in [3.8, 4) is 0 Å². The first-order valence-electron chi connectivity index (χ1n) is 13.6. The molecule has 190 valence electrons. The molecule has 0 saturated heterocycles. The number of rotatable bonds is 5. The van der Waals surface area contributed by atoms with Gasteiger partial charge >= 0.3 is 0 Å². The van der Waals surface area contributed by atoms with Crippen molar-refractivity contribution in [3.05, 3.63) is 18.5 Å². The molecule has 4 fully saturated rings. The van der Waals surface area contributed by atoms with Crippen molar-refractivity contribution in [2.75, 3.05) is 13.7 Å². The minimum Gasteiger partial charge on any atom is -0.387 e. The van der Waals surface area contributed by atoms with Crippen LogP contribution in [-0.4, -0.2) is 50.2 Å². The van der Waals surface area contributed by atoms with Crippen LogP contribution in [0.1, 0.15) is 71.6 Å². The number of carbonyl (C=O) groups excluding carboxylic acids is 1. The molecule has 2 unspecified atom stereocenters. The molecule has 4 saturated carbocycles. The van der Waals surface area contributed by atoms with Crippen LogP contribution in [-0.2, 0) is 16.1 Å². The van der Waals surface area contributed by atoms with Crippen LogP contribution in [0.15, 0.2) is 18.5 Å². The fraction of sp³-hybridized carbons (Fsp3) is 0.786. The lowest BCUT2D eigenvalue weighted by atomic mass is 9.45. The smallest absolute Gasteiger partial charge is 0.157 e. The number of hydrogen-bond acceptors (Lipinski definition) is 6. The number of hydrogen-bond donors (Lipinski definition) is 1. The van der Waals surface area contributed by atoms with Gasteiger partial charge in [0.05, 0.1) is 18.4 Å². The Bertz CT molecular complexity index is 1120. The zero-order valence-corrected chi connectivity index (χ0v) is 21.4. The molecular weight excluding hydrogens is 440 g/mol. The van der Waals surface area contributed by atoms with E-state index in [1.165, 1.54) is 25.7 Å². The SMILES string of the molecule is COC[C@@]1(O)CCC2[C@H]3CC[C@]4(C)[C@@H](C(=O)Cn5nnc6ccncc65)CC[C@H]4[C@@H]3CCC2(C)C1. The highest BCUT2D eigenvalue weighted by Gasteiger charge is 2.61. The van der Waals surface area contributed by atoms with E-state index >= 15 is 0 Å². The molecule has 35 heavy (non-hydrogen) atoms. The Balaban J connectivity index is 1.19. The summed E-state index contributed by atoms with van der Waals surface area (Å²) in [6.45, 7) is 5.59. The molecule has 2 aromatic rings. The highest BCUT2D eigenvalue weighted by Crippen LogP contribution is 2.67. The molecule has 0 amide bonds. The summed E-state index contributed by atoms with van der Waals surface area (Å²) in [4.78, 5) is 17.8. The van der Waals surface area contributed by atoms with Crippen LogP contribution in [0, 0.1) is 40.4 Å². The second kappa shape index (κ2) is 8.34. The maximum atomic E-state index is 13.6. The molecule has 8 atom stereocenters. The van der Waals surface area contributed by atoms with Crippen molar-refractivity contribution in [1.29, 1.82) is 0 Å². The van der Waals surface area contributed by atoms with Gasteiger partial charge < -0.3 is 9.84 Å². The number of ether oxygens (including phenoxy) is 1. The van der Waals surface area contributed by atoms with Gasteiger partial charge in [0.2, 0.25) is 0 Å². The Labute approximate surface area is 208 Å². The molecule has 6 rings (SSSR count). The third-order valence-corrected chi connectivity index (χ3v) is 11.0. The number of aromatic nitrogens is 4. The molecule has 7 heteroatoms. The lowest BCUT2D eigenvalue weighted by molar-refractivity contribution is -0.160. The molecule has 4 aliphatic carbocycles. The first-order chi connectivity index (χ1) is 16.8. The lowest BCUT2D eigenvalue weighted by Gasteiger charge is -2.61. The van der Waals surface area contributed by atoms with Gasteiger partial charge in [0, 0.05) is 19.2 Å². The van der Waals surface area contributed by atoms with Crippen LogP contribution in [0.3, 0.4) is 0 Å². The van der Waals surface area contributed by atoms with Crippen molar-refractivity contribution in [2.24, 2.45) is 40.4 Å². The normalized spacial score (nSPS) is 42.9. The summed E-state index contributed by atoms with van der Waals surface area (Å²) in [6, 6.07) is 1.84. The molecule has 7 nitrogen and oxygen atoms in total. The summed E-state index contributed by atoms with van der Waals surface area (Å²) in [7, 11) is 1.70. The summed E-state index contributed by atoms with van der Waals surface area (Å²) < 4.78 is 7.12. The minimum absolute atomic E-state index is 0.0894. The van der Waals surface area contributed by atoms with E-state index in [2.05, 4.69) is 29.1 Å². The zero-order valence-electron chi connectivity index (χ0n) is 21.4. The lowest BCUT2D eigenvalue weighted by Crippen LogP contribution is -2.56. The molecule has 0 radical (unpaired) electrons. The van der Waals surface area contributed by atoms with Crippen molar-refractivity contribution in [2.45, 2.75) is 83.8 Å². The quantitative estimate of drug-likeness (QED) is 0.681. The van der Waals surface area contributed by atoms with E-state index in [0.29, 0.717) is 30.8 Å². The number of aliphatic hydroxyl groups is 1. The zero-order chi connectivity index (χ0) is 24.4. The maximum absolute atomic E-state index is 13.6. The third kappa shape index (κ3) is 3.67. The number of carbonyl (C=O) groups is 1. The summed E-state index contributed by atoms with van der Waals surface area (Å²) >= 11 is 0. The molecule has 1 N–H and O–H groups in total. The predicted octanol–water partition coefficient (Wildman–Crippen LogP) is 4.43. The average molecular weight is 481 g/mol. The van der Waals surface area contributed by atoms with Crippen LogP contribution in [0.5, 0.6) is 0 Å². The summed E-state index contributed by atoms with van der Waals surface area (Å²) in [5.41, 5.74) is 1.25. The van der Waals surface area contributed by atoms with E-state index in [0.717, 1.165) is 55.0 Å². The second-order valence-corrected chi connectivity index (χ2v) is 12.9. The van der Waals surface area contributed by atoms with Crippen molar-refractivity contribution in [3.63, 3.8) is 0 Å². The molecule has 0 aliphatic heterocycles. The van der Waals surface area contributed by atoms with Crippen LogP contribution in [0.25, 0.3) is 11.0 Å². The second-order valence-electron chi connectivity index (χ2n) is 12.9. The Morgan fingerprint density at radius 3 is 2.74 bits per heavy atom. The average Bonchev–Trinajstić information content (AvgIpc) is 3.39. The number of fused-ring (bicyclic) bond motifs is 6. The Morgan fingerprint density at radius 1 is 1.11 bits per heavy atom. The highest BCUT2D eigenvalue weighted by atomic mass is 16.5. The number of nitrogens with zero attached hydrogens (tertiary/aromatic N) is 4. The standard InChI is InChI=1S/C28H40N4O3/c1-26-10-6-19-18(20(26)8-12-28(34,16-26)17-35-3)7-11-27(2)21(19)4-5-22(27)25(33)15-32-24-14-29-13-9-23(24)30-31-32/h9,13-14,18-22,34H,4-8,10-12,15-17H2,1-3H3/t18-,19+,20?,21-,22+,26?,27-,28+/m0/s1. The van der Waals surface area contributed by atoms with Crippen LogP contribution in [0.2, 0.25) is 0 Å². The Morgan fingerprint density at radius 2 is 1.91 bits per heavy atom. The Kier molecular flexibility index (Phi) is 5.61. The van der Waals surface area contributed by atoms with Gasteiger partial charge in [0.1, 0.15) is 17.6 Å². The fourth-order valence-electron chi connectivity index (χ4n) is 9.58. The fourth-order valence-corrected chi connectivity index (χ4v) is 9.58. The van der Waals surface area contributed by atoms with E-state index in [9.17, 15) is 9.90 Å². The number of ketones is 1. The number of Topliss-reactive ketones (excluding diaryl/α,β-unsaturated/α-hetero) is 1. The van der Waals surface area contributed by atoms with E-state index in [-0.39, 0.29) is 16.7 Å². The topological polar surface area (TPSA) is 90.1 Å². The van der Waals surface area contributed by atoms with Gasteiger partial charge in [-0.05, 0) is 98.4 Å². The predicted molar refractivity (Wildman–Crippen MR) is 132 cm³/mol. The summed E-state index contributed by atoms with van der Waals surface area (Å²) in [5.74, 6) is 3.19. The molecule has 4 aliphatic rings. The molecule has 0 bridgehead atoms. The number of pyridine rings is 1. The van der Waals surface area contributed by atoms with Crippen LogP contribution < -0.4 is 0 Å². The van der Waals surface area contributed by atoms with Crippen molar-refractivity contribution in [1.82, 2.24) is 20.0 Å². The van der Waals surface area contributed by atoms with E-state index in [1.54, 1.807) is 24.2 Å².